The summed E-state index contributed by atoms with van der Waals surface area (Å²) in [7, 11) is 4.84. The van der Waals surface area contributed by atoms with Crippen LogP contribution in [0.3, 0.4) is 0 Å². The molecule has 0 saturated carbocycles. The van der Waals surface area contributed by atoms with Gasteiger partial charge >= 0.3 is 0 Å². The summed E-state index contributed by atoms with van der Waals surface area (Å²) in [4.78, 5) is 0. The molecule has 0 aliphatic carbocycles. The fourth-order valence-corrected chi connectivity index (χ4v) is 2.93. The highest BCUT2D eigenvalue weighted by Crippen LogP contribution is 2.11. The van der Waals surface area contributed by atoms with Crippen molar-refractivity contribution in [3.05, 3.63) is 0 Å². The largest absolute Gasteiger partial charge is 1.00 e. The Kier molecular flexibility index (Phi) is 18.6. The lowest BCUT2D eigenvalue weighted by Gasteiger charge is -2.30. The third kappa shape index (κ3) is 18.2. The molecule has 0 N–H and O–H groups in total. The van der Waals surface area contributed by atoms with Crippen LogP contribution in [0.2, 0.25) is 0 Å². The minimum absolute atomic E-state index is 0. The molecule has 0 saturated heterocycles. The topological polar surface area (TPSA) is 0 Å². The maximum atomic E-state index is 2.42. The van der Waals surface area contributed by atoms with Gasteiger partial charge in [-0.15, -0.1) is 0 Å². The Morgan fingerprint density at radius 1 is 0.476 bits per heavy atom. The second-order valence-electron chi connectivity index (χ2n) is 7.27. The first kappa shape index (κ1) is 23.5. The van der Waals surface area contributed by atoms with E-state index in [-0.39, 0.29) is 12.4 Å². The molecular formula is C19H42ClN. The third-order valence-corrected chi connectivity index (χ3v) is 4.48. The molecule has 0 aliphatic rings. The molecule has 21 heavy (non-hydrogen) atoms. The van der Waals surface area contributed by atoms with Crippen molar-refractivity contribution in [1.29, 1.82) is 0 Å². The van der Waals surface area contributed by atoms with Crippen LogP contribution in [0.1, 0.15) is 97.3 Å². The summed E-state index contributed by atoms with van der Waals surface area (Å²) in [5.74, 6) is 0. The van der Waals surface area contributed by atoms with E-state index in [0.29, 0.717) is 0 Å². The summed E-state index contributed by atoms with van der Waals surface area (Å²) in [6, 6.07) is 0. The first-order chi connectivity index (χ1) is 9.62. The molecule has 0 atom stereocenters. The lowest BCUT2D eigenvalue weighted by Crippen LogP contribution is -3.00. The number of quaternary nitrogens is 1. The quantitative estimate of drug-likeness (QED) is 0.321. The van der Waals surface area contributed by atoms with Crippen LogP contribution in [0.5, 0.6) is 0 Å². The number of unbranched alkanes of at least 4 members (excludes halogenated alkanes) is 11. The van der Waals surface area contributed by atoms with Crippen LogP contribution in [0.25, 0.3) is 0 Å². The molecule has 0 aliphatic heterocycles. The Labute approximate surface area is 141 Å². The molecule has 0 unspecified atom stereocenters. The molecule has 0 heterocycles. The van der Waals surface area contributed by atoms with Gasteiger partial charge in [-0.2, -0.15) is 0 Å². The maximum absolute atomic E-state index is 2.42. The minimum Gasteiger partial charge on any atom is -1.00 e. The van der Waals surface area contributed by atoms with Crippen LogP contribution in [0.15, 0.2) is 0 Å². The highest BCUT2D eigenvalue weighted by molar-refractivity contribution is 4.47. The molecule has 1 nitrogen and oxygen atoms in total. The van der Waals surface area contributed by atoms with Gasteiger partial charge in [0, 0.05) is 0 Å². The number of hydrogen-bond acceptors (Lipinski definition) is 0. The molecule has 0 fully saturated rings. The maximum Gasteiger partial charge on any atom is 0.0782 e. The smallest absolute Gasteiger partial charge is 0.0782 e. The summed E-state index contributed by atoms with van der Waals surface area (Å²) in [5.41, 5.74) is 0. The zero-order chi connectivity index (χ0) is 15.1. The van der Waals surface area contributed by atoms with Gasteiger partial charge in [0.2, 0.25) is 0 Å². The fraction of sp³-hybridized carbons (Fsp3) is 1.00. The second kappa shape index (κ2) is 16.6. The second-order valence-corrected chi connectivity index (χ2v) is 7.27. The Morgan fingerprint density at radius 3 is 1.10 bits per heavy atom. The summed E-state index contributed by atoms with van der Waals surface area (Å²) < 4.78 is 1.24. The monoisotopic (exact) mass is 319 g/mol. The van der Waals surface area contributed by atoms with Crippen molar-refractivity contribution in [2.45, 2.75) is 97.3 Å². The van der Waals surface area contributed by atoms with Crippen LogP contribution >= 0.6 is 0 Å². The fourth-order valence-electron chi connectivity index (χ4n) is 2.93. The summed E-state index contributed by atoms with van der Waals surface area (Å²) in [5, 5.41) is 0. The van der Waals surface area contributed by atoms with Crippen LogP contribution in [-0.2, 0) is 0 Å². The highest BCUT2D eigenvalue weighted by atomic mass is 35.5. The zero-order valence-corrected chi connectivity index (χ0v) is 16.2. The molecule has 130 valence electrons. The van der Waals surface area contributed by atoms with Crippen molar-refractivity contribution < 1.29 is 16.9 Å². The molecule has 0 aromatic heterocycles. The van der Waals surface area contributed by atoms with Gasteiger partial charge in [-0.3, -0.25) is 0 Å². The average Bonchev–Trinajstić information content (AvgIpc) is 2.41. The summed E-state index contributed by atoms with van der Waals surface area (Å²) in [6.45, 7) is 7.34. The predicted octanol–water partition coefficient (Wildman–Crippen LogP) is 3.18. The van der Waals surface area contributed by atoms with E-state index >= 15 is 0 Å². The van der Waals surface area contributed by atoms with Crippen molar-refractivity contribution in [3.63, 3.8) is 0 Å². The Morgan fingerprint density at radius 2 is 0.762 bits per heavy atom. The Balaban J connectivity index is 0. The molecule has 0 aromatic rings. The normalized spacial score (nSPS) is 11.4. The Bertz CT molecular complexity index is 192. The van der Waals surface area contributed by atoms with E-state index in [1.807, 2.05) is 0 Å². The van der Waals surface area contributed by atoms with Crippen LogP contribution in [-0.4, -0.2) is 31.7 Å². The molecule has 0 bridgehead atoms. The van der Waals surface area contributed by atoms with Gasteiger partial charge in [0.1, 0.15) is 0 Å². The summed E-state index contributed by atoms with van der Waals surface area (Å²) in [6.07, 6.45) is 18.6. The zero-order valence-electron chi connectivity index (χ0n) is 15.4. The molecular weight excluding hydrogens is 278 g/mol. The highest BCUT2D eigenvalue weighted by Gasteiger charge is 2.13. The van der Waals surface area contributed by atoms with E-state index in [1.165, 1.54) is 101 Å². The van der Waals surface area contributed by atoms with Gasteiger partial charge in [-0.05, 0) is 25.7 Å². The number of hydrogen-bond donors (Lipinski definition) is 0. The molecule has 2 heteroatoms. The first-order valence-corrected chi connectivity index (χ1v) is 9.44. The van der Waals surface area contributed by atoms with E-state index in [4.69, 9.17) is 0 Å². The molecule has 0 amide bonds. The van der Waals surface area contributed by atoms with E-state index in [0.717, 1.165) is 0 Å². The van der Waals surface area contributed by atoms with Crippen molar-refractivity contribution in [2.75, 3.05) is 27.2 Å². The van der Waals surface area contributed by atoms with Gasteiger partial charge in [0.05, 0.1) is 27.2 Å². The molecule has 0 rings (SSSR count). The number of halogens is 1. The van der Waals surface area contributed by atoms with Gasteiger partial charge in [-0.25, -0.2) is 0 Å². The van der Waals surface area contributed by atoms with Crippen LogP contribution in [0, 0.1) is 0 Å². The molecule has 0 spiro atoms. The van der Waals surface area contributed by atoms with E-state index < -0.39 is 0 Å². The first-order valence-electron chi connectivity index (χ1n) is 9.44. The standard InChI is InChI=1S/C19H42N.ClH/c1-5-7-9-11-13-15-17-19-20(3,4)18-16-14-12-10-8-6-2;/h5-19H2,1-4H3;1H/q+1;/p-1. The van der Waals surface area contributed by atoms with E-state index in [1.54, 1.807) is 0 Å². The minimum atomic E-state index is 0. The van der Waals surface area contributed by atoms with Gasteiger partial charge < -0.3 is 16.9 Å². The van der Waals surface area contributed by atoms with Crippen molar-refractivity contribution >= 4 is 0 Å². The number of nitrogens with zero attached hydrogens (tertiary/aromatic N) is 1. The predicted molar refractivity (Wildman–Crippen MR) is 93.2 cm³/mol. The van der Waals surface area contributed by atoms with Crippen LogP contribution in [0.4, 0.5) is 0 Å². The van der Waals surface area contributed by atoms with Gasteiger partial charge in [0.25, 0.3) is 0 Å². The van der Waals surface area contributed by atoms with Crippen molar-refractivity contribution in [2.24, 2.45) is 0 Å². The van der Waals surface area contributed by atoms with E-state index in [9.17, 15) is 0 Å². The Hall–Kier alpha value is 0.250. The average molecular weight is 320 g/mol. The van der Waals surface area contributed by atoms with Crippen molar-refractivity contribution in [1.82, 2.24) is 0 Å². The van der Waals surface area contributed by atoms with Crippen molar-refractivity contribution in [3.8, 4) is 0 Å². The lowest BCUT2D eigenvalue weighted by molar-refractivity contribution is -0.890. The summed E-state index contributed by atoms with van der Waals surface area (Å²) >= 11 is 0. The third-order valence-electron chi connectivity index (χ3n) is 4.48. The van der Waals surface area contributed by atoms with E-state index in [2.05, 4.69) is 27.9 Å². The SMILES string of the molecule is CCCCCCCCC[N+](C)(C)CCCCCCCC.[Cl-]. The van der Waals surface area contributed by atoms with Crippen LogP contribution < -0.4 is 12.4 Å². The molecule has 0 aromatic carbocycles. The van der Waals surface area contributed by atoms with Gasteiger partial charge in [0.15, 0.2) is 0 Å². The number of rotatable bonds is 15. The van der Waals surface area contributed by atoms with Gasteiger partial charge in [-0.1, -0.05) is 71.6 Å². The lowest BCUT2D eigenvalue weighted by atomic mass is 10.1. The molecule has 0 radical (unpaired) electrons.